The lowest BCUT2D eigenvalue weighted by Gasteiger charge is -1.99. The van der Waals surface area contributed by atoms with Crippen LogP contribution in [-0.2, 0) is 9.53 Å². The fourth-order valence-electron chi connectivity index (χ4n) is 1.09. The van der Waals surface area contributed by atoms with E-state index in [1.54, 1.807) is 25.1 Å². The summed E-state index contributed by atoms with van der Waals surface area (Å²) < 4.78 is 4.77. The van der Waals surface area contributed by atoms with Crippen molar-refractivity contribution in [3.63, 3.8) is 0 Å². The van der Waals surface area contributed by atoms with Crippen LogP contribution in [0.25, 0.3) is 6.08 Å². The minimum Gasteiger partial charge on any atom is -0.466 e. The summed E-state index contributed by atoms with van der Waals surface area (Å²) in [5, 5.41) is 0.486. The van der Waals surface area contributed by atoms with Gasteiger partial charge in [-0.25, -0.2) is 0 Å². The molecule has 16 heavy (non-hydrogen) atoms. The van der Waals surface area contributed by atoms with Crippen LogP contribution in [-0.4, -0.2) is 17.6 Å². The number of pyridine rings is 1. The Morgan fingerprint density at radius 3 is 3.06 bits per heavy atom. The van der Waals surface area contributed by atoms with Crippen molar-refractivity contribution in [1.82, 2.24) is 4.98 Å². The Bertz CT molecular complexity index is 405. The molecule has 0 unspecified atom stereocenters. The van der Waals surface area contributed by atoms with E-state index >= 15 is 0 Å². The van der Waals surface area contributed by atoms with Crippen molar-refractivity contribution in [2.45, 2.75) is 13.3 Å². The molecular formula is C11H13ClN2O2. The molecular weight excluding hydrogens is 228 g/mol. The van der Waals surface area contributed by atoms with Crippen molar-refractivity contribution in [1.29, 1.82) is 0 Å². The monoisotopic (exact) mass is 240 g/mol. The van der Waals surface area contributed by atoms with Crippen molar-refractivity contribution < 1.29 is 9.53 Å². The molecule has 0 bridgehead atoms. The van der Waals surface area contributed by atoms with Crippen LogP contribution < -0.4 is 5.73 Å². The predicted molar refractivity (Wildman–Crippen MR) is 63.9 cm³/mol. The number of rotatable bonds is 4. The molecule has 0 radical (unpaired) electrons. The molecule has 0 fully saturated rings. The second-order valence-corrected chi connectivity index (χ2v) is 3.48. The van der Waals surface area contributed by atoms with Crippen LogP contribution in [0.2, 0.25) is 5.02 Å². The van der Waals surface area contributed by atoms with Gasteiger partial charge >= 0.3 is 5.97 Å². The van der Waals surface area contributed by atoms with Gasteiger partial charge in [-0.3, -0.25) is 9.78 Å². The molecule has 0 aliphatic heterocycles. The average molecular weight is 241 g/mol. The number of halogens is 1. The first-order chi connectivity index (χ1) is 7.63. The van der Waals surface area contributed by atoms with Gasteiger partial charge in [-0.2, -0.15) is 0 Å². The maximum atomic E-state index is 11.0. The normalized spacial score (nSPS) is 10.6. The van der Waals surface area contributed by atoms with Crippen LogP contribution in [0, 0.1) is 0 Å². The first-order valence-electron chi connectivity index (χ1n) is 4.86. The largest absolute Gasteiger partial charge is 0.466 e. The fraction of sp³-hybridized carbons (Fsp3) is 0.273. The molecule has 1 heterocycles. The van der Waals surface area contributed by atoms with Crippen LogP contribution in [0.5, 0.6) is 0 Å². The van der Waals surface area contributed by atoms with E-state index in [9.17, 15) is 4.79 Å². The van der Waals surface area contributed by atoms with E-state index in [0.29, 0.717) is 23.0 Å². The summed E-state index contributed by atoms with van der Waals surface area (Å²) in [6.07, 6.45) is 5.03. The third-order valence-electron chi connectivity index (χ3n) is 1.78. The zero-order valence-electron chi connectivity index (χ0n) is 8.94. The molecule has 0 amide bonds. The molecule has 0 spiro atoms. The lowest BCUT2D eigenvalue weighted by Crippen LogP contribution is -2.01. The summed E-state index contributed by atoms with van der Waals surface area (Å²) in [6, 6.07) is 1.61. The van der Waals surface area contributed by atoms with Gasteiger partial charge in [-0.1, -0.05) is 17.7 Å². The van der Waals surface area contributed by atoms with E-state index in [1.165, 1.54) is 6.20 Å². The molecule has 1 aromatic heterocycles. The van der Waals surface area contributed by atoms with Crippen LogP contribution in [0.3, 0.4) is 0 Å². The molecule has 86 valence electrons. The molecule has 0 saturated carbocycles. The highest BCUT2D eigenvalue weighted by Gasteiger charge is 1.99. The number of carbonyl (C=O) groups excluding carboxylic acids is 1. The Hall–Kier alpha value is -1.55. The van der Waals surface area contributed by atoms with Gasteiger partial charge in [0.15, 0.2) is 0 Å². The van der Waals surface area contributed by atoms with E-state index in [4.69, 9.17) is 22.1 Å². The van der Waals surface area contributed by atoms with Gasteiger partial charge in [0.05, 0.1) is 29.4 Å². The number of nitrogens with zero attached hydrogens (tertiary/aromatic N) is 1. The molecule has 1 rings (SSSR count). The summed E-state index contributed by atoms with van der Waals surface area (Å²) >= 11 is 5.70. The van der Waals surface area contributed by atoms with Gasteiger partial charge < -0.3 is 10.5 Å². The van der Waals surface area contributed by atoms with Gasteiger partial charge in [0.2, 0.25) is 0 Å². The topological polar surface area (TPSA) is 65.2 Å². The molecule has 1 aromatic rings. The van der Waals surface area contributed by atoms with Crippen molar-refractivity contribution in [3.8, 4) is 0 Å². The van der Waals surface area contributed by atoms with E-state index in [-0.39, 0.29) is 12.4 Å². The van der Waals surface area contributed by atoms with E-state index < -0.39 is 0 Å². The Morgan fingerprint density at radius 1 is 1.69 bits per heavy atom. The van der Waals surface area contributed by atoms with Crippen LogP contribution in [0.15, 0.2) is 18.3 Å². The van der Waals surface area contributed by atoms with Crippen LogP contribution >= 0.6 is 11.6 Å². The minimum atomic E-state index is -0.272. The first kappa shape index (κ1) is 12.5. The van der Waals surface area contributed by atoms with Gasteiger partial charge in [0, 0.05) is 6.20 Å². The number of hydrogen-bond acceptors (Lipinski definition) is 4. The van der Waals surface area contributed by atoms with Crippen molar-refractivity contribution in [3.05, 3.63) is 29.1 Å². The third kappa shape index (κ3) is 3.90. The highest BCUT2D eigenvalue weighted by Crippen LogP contribution is 2.16. The molecule has 0 atom stereocenters. The predicted octanol–water partition coefficient (Wildman–Crippen LogP) is 2.28. The van der Waals surface area contributed by atoms with Crippen molar-refractivity contribution in [2.75, 3.05) is 12.3 Å². The Balaban J connectivity index is 2.59. The number of hydrogen-bond donors (Lipinski definition) is 1. The molecule has 5 heteroatoms. The van der Waals surface area contributed by atoms with Gasteiger partial charge in [0.1, 0.15) is 0 Å². The molecule has 0 aliphatic carbocycles. The quantitative estimate of drug-likeness (QED) is 0.820. The molecule has 2 N–H and O–H groups in total. The fourth-order valence-corrected chi connectivity index (χ4v) is 1.26. The number of aromatic nitrogens is 1. The SMILES string of the molecule is CCOC(=O)CC=Cc1ncc(Cl)cc1N. The van der Waals surface area contributed by atoms with Crippen molar-refractivity contribution >= 4 is 29.3 Å². The number of esters is 1. The Labute approximate surface area is 99.1 Å². The maximum absolute atomic E-state index is 11.0. The summed E-state index contributed by atoms with van der Waals surface area (Å²) in [4.78, 5) is 15.1. The summed E-state index contributed by atoms with van der Waals surface area (Å²) in [5.74, 6) is -0.272. The number of anilines is 1. The Kier molecular flexibility index (Phi) is 4.79. The lowest BCUT2D eigenvalue weighted by atomic mass is 10.2. The lowest BCUT2D eigenvalue weighted by molar-refractivity contribution is -0.142. The summed E-state index contributed by atoms with van der Waals surface area (Å²) in [7, 11) is 0. The maximum Gasteiger partial charge on any atom is 0.309 e. The molecule has 4 nitrogen and oxygen atoms in total. The number of nitrogen functional groups attached to an aromatic ring is 1. The highest BCUT2D eigenvalue weighted by atomic mass is 35.5. The highest BCUT2D eigenvalue weighted by molar-refractivity contribution is 6.30. The number of carbonyl (C=O) groups is 1. The molecule has 0 saturated heterocycles. The smallest absolute Gasteiger partial charge is 0.309 e. The van der Waals surface area contributed by atoms with Crippen LogP contribution in [0.4, 0.5) is 5.69 Å². The van der Waals surface area contributed by atoms with Crippen LogP contribution in [0.1, 0.15) is 19.0 Å². The second kappa shape index (κ2) is 6.12. The summed E-state index contributed by atoms with van der Waals surface area (Å²) in [6.45, 7) is 2.15. The molecule has 0 aromatic carbocycles. The van der Waals surface area contributed by atoms with E-state index in [2.05, 4.69) is 4.98 Å². The standard InChI is InChI=1S/C11H13ClN2O2/c1-2-16-11(15)5-3-4-10-9(13)6-8(12)7-14-10/h3-4,6-7H,2,5,13H2,1H3. The van der Waals surface area contributed by atoms with Gasteiger partial charge in [0.25, 0.3) is 0 Å². The number of nitrogens with two attached hydrogens (primary N) is 1. The summed E-state index contributed by atoms with van der Waals surface area (Å²) in [5.41, 5.74) is 6.75. The minimum absolute atomic E-state index is 0.206. The van der Waals surface area contributed by atoms with E-state index in [0.717, 1.165) is 0 Å². The average Bonchev–Trinajstić information content (AvgIpc) is 2.22. The second-order valence-electron chi connectivity index (χ2n) is 3.04. The molecule has 0 aliphatic rings. The zero-order chi connectivity index (χ0) is 12.0. The third-order valence-corrected chi connectivity index (χ3v) is 1.99. The number of ether oxygens (including phenoxy) is 1. The van der Waals surface area contributed by atoms with E-state index in [1.807, 2.05) is 0 Å². The Morgan fingerprint density at radius 2 is 2.44 bits per heavy atom. The van der Waals surface area contributed by atoms with Gasteiger partial charge in [-0.15, -0.1) is 0 Å². The first-order valence-corrected chi connectivity index (χ1v) is 5.24. The van der Waals surface area contributed by atoms with Crippen molar-refractivity contribution in [2.24, 2.45) is 0 Å². The van der Waals surface area contributed by atoms with Gasteiger partial charge in [-0.05, 0) is 19.1 Å². The zero-order valence-corrected chi connectivity index (χ0v) is 9.70.